The highest BCUT2D eigenvalue weighted by Crippen LogP contribution is 2.29. The minimum atomic E-state index is 0.561. The number of pyridine rings is 1. The van der Waals surface area contributed by atoms with Gasteiger partial charge < -0.3 is 14.8 Å². The van der Waals surface area contributed by atoms with E-state index in [4.69, 9.17) is 9.47 Å². The fraction of sp³-hybridized carbons (Fsp3) is 0.211. The van der Waals surface area contributed by atoms with E-state index in [-0.39, 0.29) is 0 Å². The number of methoxy groups -OCH3 is 1. The number of ether oxygens (including phenoxy) is 2. The molecule has 0 saturated heterocycles. The van der Waals surface area contributed by atoms with Crippen LogP contribution in [0.5, 0.6) is 11.5 Å². The maximum absolute atomic E-state index is 5.86. The Bertz CT molecular complexity index is 745. The summed E-state index contributed by atoms with van der Waals surface area (Å²) in [6.07, 6.45) is 1.81. The zero-order chi connectivity index (χ0) is 16.6. The summed E-state index contributed by atoms with van der Waals surface area (Å²) in [6.45, 7) is 2.04. The molecule has 0 radical (unpaired) electrons. The highest BCUT2D eigenvalue weighted by molar-refractivity contribution is 7.09. The van der Waals surface area contributed by atoms with Crippen LogP contribution in [0.3, 0.4) is 0 Å². The average molecular weight is 340 g/mol. The van der Waals surface area contributed by atoms with Crippen LogP contribution in [-0.2, 0) is 19.7 Å². The van der Waals surface area contributed by atoms with E-state index in [1.165, 1.54) is 4.88 Å². The van der Waals surface area contributed by atoms with E-state index in [2.05, 4.69) is 22.4 Å². The summed E-state index contributed by atoms with van der Waals surface area (Å²) in [5.41, 5.74) is 2.17. The van der Waals surface area contributed by atoms with E-state index >= 15 is 0 Å². The van der Waals surface area contributed by atoms with E-state index in [9.17, 15) is 0 Å². The Balaban J connectivity index is 1.56. The number of benzene rings is 1. The van der Waals surface area contributed by atoms with Crippen molar-refractivity contribution in [2.45, 2.75) is 19.7 Å². The second-order valence-electron chi connectivity index (χ2n) is 5.28. The van der Waals surface area contributed by atoms with E-state index in [1.807, 2.05) is 41.8 Å². The first-order valence-corrected chi connectivity index (χ1v) is 8.66. The van der Waals surface area contributed by atoms with Gasteiger partial charge in [-0.05, 0) is 41.3 Å². The molecule has 0 amide bonds. The highest BCUT2D eigenvalue weighted by atomic mass is 32.1. The van der Waals surface area contributed by atoms with Crippen LogP contribution in [0.1, 0.15) is 16.1 Å². The third-order valence-electron chi connectivity index (χ3n) is 3.54. The molecule has 0 unspecified atom stereocenters. The van der Waals surface area contributed by atoms with E-state index in [0.717, 1.165) is 35.8 Å². The highest BCUT2D eigenvalue weighted by Gasteiger charge is 2.07. The Hall–Kier alpha value is -2.37. The Labute approximate surface area is 146 Å². The zero-order valence-corrected chi connectivity index (χ0v) is 14.4. The summed E-state index contributed by atoms with van der Waals surface area (Å²) < 4.78 is 11.3. The van der Waals surface area contributed by atoms with Gasteiger partial charge in [-0.3, -0.25) is 4.98 Å². The van der Waals surface area contributed by atoms with Gasteiger partial charge in [0.2, 0.25) is 0 Å². The summed E-state index contributed by atoms with van der Waals surface area (Å²) in [7, 11) is 1.67. The molecule has 0 fully saturated rings. The lowest BCUT2D eigenvalue weighted by molar-refractivity contribution is 0.287. The third kappa shape index (κ3) is 4.57. The van der Waals surface area contributed by atoms with E-state index < -0.39 is 0 Å². The molecule has 0 saturated carbocycles. The lowest BCUT2D eigenvalue weighted by Gasteiger charge is -2.12. The van der Waals surface area contributed by atoms with Crippen LogP contribution >= 0.6 is 11.3 Å². The van der Waals surface area contributed by atoms with Gasteiger partial charge in [-0.25, -0.2) is 0 Å². The van der Waals surface area contributed by atoms with Crippen molar-refractivity contribution in [3.8, 4) is 11.5 Å². The van der Waals surface area contributed by atoms with Crippen LogP contribution in [0, 0.1) is 0 Å². The number of aromatic nitrogens is 1. The number of nitrogens with zero attached hydrogens (tertiary/aromatic N) is 1. The molecule has 0 aliphatic heterocycles. The van der Waals surface area contributed by atoms with Crippen LogP contribution < -0.4 is 14.8 Å². The summed E-state index contributed by atoms with van der Waals surface area (Å²) in [4.78, 5) is 5.49. The van der Waals surface area contributed by atoms with Gasteiger partial charge in [-0.15, -0.1) is 11.3 Å². The quantitative estimate of drug-likeness (QED) is 0.672. The van der Waals surface area contributed by atoms with Crippen molar-refractivity contribution in [2.75, 3.05) is 7.11 Å². The molecule has 2 heterocycles. The third-order valence-corrected chi connectivity index (χ3v) is 4.39. The second-order valence-corrected chi connectivity index (χ2v) is 6.31. The molecule has 24 heavy (non-hydrogen) atoms. The predicted octanol–water partition coefficient (Wildman–Crippen LogP) is 4.02. The first-order valence-electron chi connectivity index (χ1n) is 7.78. The molecule has 3 aromatic rings. The molecule has 5 heteroatoms. The lowest BCUT2D eigenvalue weighted by Crippen LogP contribution is -2.13. The molecule has 0 bridgehead atoms. The largest absolute Gasteiger partial charge is 0.493 e. The smallest absolute Gasteiger partial charge is 0.161 e. The maximum atomic E-state index is 5.86. The van der Waals surface area contributed by atoms with Gasteiger partial charge in [-0.1, -0.05) is 18.2 Å². The first-order chi connectivity index (χ1) is 11.8. The van der Waals surface area contributed by atoms with Crippen LogP contribution in [0.25, 0.3) is 0 Å². The summed E-state index contributed by atoms with van der Waals surface area (Å²) in [6, 6.07) is 16.0. The average Bonchev–Trinajstić information content (AvgIpc) is 3.15. The monoisotopic (exact) mass is 340 g/mol. The number of hydrogen-bond acceptors (Lipinski definition) is 5. The lowest BCUT2D eigenvalue weighted by atomic mass is 10.2. The number of thiophene rings is 1. The Kier molecular flexibility index (Phi) is 5.82. The summed E-state index contributed by atoms with van der Waals surface area (Å²) >= 11 is 1.69. The normalized spacial score (nSPS) is 10.5. The molecule has 0 spiro atoms. The molecule has 1 aromatic carbocycles. The molecule has 124 valence electrons. The van der Waals surface area contributed by atoms with Crippen molar-refractivity contribution < 1.29 is 9.47 Å². The van der Waals surface area contributed by atoms with Crippen molar-refractivity contribution in [3.05, 3.63) is 76.2 Å². The first kappa shape index (κ1) is 16.5. The number of nitrogens with one attached hydrogen (secondary N) is 1. The molecule has 1 N–H and O–H groups in total. The molecule has 0 aliphatic rings. The van der Waals surface area contributed by atoms with E-state index in [1.54, 1.807) is 24.6 Å². The maximum Gasteiger partial charge on any atom is 0.161 e. The second kappa shape index (κ2) is 8.47. The fourth-order valence-corrected chi connectivity index (χ4v) is 2.94. The van der Waals surface area contributed by atoms with Crippen molar-refractivity contribution in [1.29, 1.82) is 0 Å². The number of hydrogen-bond donors (Lipinski definition) is 1. The minimum absolute atomic E-state index is 0.561. The molecule has 3 rings (SSSR count). The van der Waals surface area contributed by atoms with Gasteiger partial charge >= 0.3 is 0 Å². The van der Waals surface area contributed by atoms with Gasteiger partial charge in [0.15, 0.2) is 11.5 Å². The van der Waals surface area contributed by atoms with E-state index in [0.29, 0.717) is 6.61 Å². The van der Waals surface area contributed by atoms with Crippen LogP contribution in [-0.4, -0.2) is 12.1 Å². The molecule has 0 aliphatic carbocycles. The zero-order valence-electron chi connectivity index (χ0n) is 13.6. The van der Waals surface area contributed by atoms with Crippen molar-refractivity contribution in [1.82, 2.24) is 10.3 Å². The molecule has 0 atom stereocenters. The Morgan fingerprint density at radius 1 is 1.04 bits per heavy atom. The molecule has 4 nitrogen and oxygen atoms in total. The van der Waals surface area contributed by atoms with Gasteiger partial charge in [0.25, 0.3) is 0 Å². The number of rotatable bonds is 8. The van der Waals surface area contributed by atoms with Gasteiger partial charge in [-0.2, -0.15) is 0 Å². The van der Waals surface area contributed by atoms with Crippen molar-refractivity contribution in [3.63, 3.8) is 0 Å². The molecular formula is C19H20N2O2S. The standard InChI is InChI=1S/C19H20N2O2S/c1-22-19-11-15(12-20-13-16-5-2-3-9-21-16)7-8-18(19)23-14-17-6-4-10-24-17/h2-11,20H,12-14H2,1H3. The topological polar surface area (TPSA) is 43.4 Å². The fourth-order valence-electron chi connectivity index (χ4n) is 2.32. The van der Waals surface area contributed by atoms with Crippen LogP contribution in [0.2, 0.25) is 0 Å². The van der Waals surface area contributed by atoms with Crippen LogP contribution in [0.15, 0.2) is 60.1 Å². The Morgan fingerprint density at radius 3 is 2.75 bits per heavy atom. The predicted molar refractivity (Wildman–Crippen MR) is 96.4 cm³/mol. The van der Waals surface area contributed by atoms with Gasteiger partial charge in [0, 0.05) is 24.2 Å². The van der Waals surface area contributed by atoms with Gasteiger partial charge in [0.1, 0.15) is 6.61 Å². The van der Waals surface area contributed by atoms with Gasteiger partial charge in [0.05, 0.1) is 12.8 Å². The van der Waals surface area contributed by atoms with Crippen LogP contribution in [0.4, 0.5) is 0 Å². The SMILES string of the molecule is COc1cc(CNCc2ccccn2)ccc1OCc1cccs1. The van der Waals surface area contributed by atoms with Crippen molar-refractivity contribution in [2.24, 2.45) is 0 Å². The molecular weight excluding hydrogens is 320 g/mol. The Morgan fingerprint density at radius 2 is 2.00 bits per heavy atom. The minimum Gasteiger partial charge on any atom is -0.493 e. The molecule has 2 aromatic heterocycles. The summed E-state index contributed by atoms with van der Waals surface area (Å²) in [5, 5.41) is 5.43. The van der Waals surface area contributed by atoms with Crippen molar-refractivity contribution >= 4 is 11.3 Å². The summed E-state index contributed by atoms with van der Waals surface area (Å²) in [5.74, 6) is 1.52.